The van der Waals surface area contributed by atoms with Crippen molar-refractivity contribution in [3.05, 3.63) is 66.2 Å². The van der Waals surface area contributed by atoms with Gasteiger partial charge in [0.2, 0.25) is 5.91 Å². The molecule has 1 atom stereocenters. The molecule has 1 aromatic heterocycles. The molecular formula is C30H37N5O4. The molecule has 1 aliphatic rings. The number of benzene rings is 2. The Labute approximate surface area is 230 Å². The maximum Gasteiger partial charge on any atom is 0.254 e. The van der Waals surface area contributed by atoms with Gasteiger partial charge >= 0.3 is 0 Å². The molecule has 1 saturated heterocycles. The molecule has 206 valence electrons. The third-order valence-corrected chi connectivity index (χ3v) is 7.24. The van der Waals surface area contributed by atoms with Crippen LogP contribution in [0.15, 0.2) is 60.7 Å². The van der Waals surface area contributed by atoms with E-state index in [9.17, 15) is 9.59 Å². The molecule has 2 aromatic carbocycles. The smallest absolute Gasteiger partial charge is 0.254 e. The van der Waals surface area contributed by atoms with Crippen molar-refractivity contribution in [2.24, 2.45) is 0 Å². The highest BCUT2D eigenvalue weighted by atomic mass is 16.5. The van der Waals surface area contributed by atoms with Crippen LogP contribution in [-0.4, -0.2) is 84.8 Å². The molecule has 1 fully saturated rings. The summed E-state index contributed by atoms with van der Waals surface area (Å²) in [6.45, 7) is 6.68. The van der Waals surface area contributed by atoms with Crippen LogP contribution in [0.5, 0.6) is 11.5 Å². The molecule has 0 unspecified atom stereocenters. The highest BCUT2D eigenvalue weighted by Crippen LogP contribution is 2.22. The number of rotatable bonds is 9. The summed E-state index contributed by atoms with van der Waals surface area (Å²) in [5.41, 5.74) is 2.31. The van der Waals surface area contributed by atoms with E-state index in [1.807, 2.05) is 55.1 Å². The number of hydrogen-bond acceptors (Lipinski definition) is 7. The fourth-order valence-corrected chi connectivity index (χ4v) is 4.60. The van der Waals surface area contributed by atoms with Gasteiger partial charge in [-0.3, -0.25) is 9.59 Å². The number of amides is 2. The third-order valence-electron chi connectivity index (χ3n) is 7.24. The minimum absolute atomic E-state index is 0.0417. The van der Waals surface area contributed by atoms with Crippen LogP contribution in [0.4, 0.5) is 5.82 Å². The van der Waals surface area contributed by atoms with Gasteiger partial charge in [0.15, 0.2) is 5.82 Å². The van der Waals surface area contributed by atoms with Crippen molar-refractivity contribution in [3.8, 4) is 22.8 Å². The lowest BCUT2D eigenvalue weighted by Crippen LogP contribution is -2.47. The number of carbonyl (C=O) groups is 2. The van der Waals surface area contributed by atoms with E-state index < -0.39 is 0 Å². The topological polar surface area (TPSA) is 88.1 Å². The average Bonchev–Trinajstić information content (AvgIpc) is 3.26. The van der Waals surface area contributed by atoms with Crippen LogP contribution in [0.2, 0.25) is 0 Å². The quantitative estimate of drug-likeness (QED) is 0.410. The van der Waals surface area contributed by atoms with E-state index in [0.717, 1.165) is 42.2 Å². The summed E-state index contributed by atoms with van der Waals surface area (Å²) in [5.74, 6) is 2.08. The Morgan fingerprint density at radius 2 is 1.54 bits per heavy atom. The van der Waals surface area contributed by atoms with Crippen molar-refractivity contribution in [1.82, 2.24) is 20.0 Å². The first-order valence-corrected chi connectivity index (χ1v) is 13.4. The van der Waals surface area contributed by atoms with E-state index in [0.29, 0.717) is 30.9 Å². The van der Waals surface area contributed by atoms with Gasteiger partial charge in [-0.2, -0.15) is 0 Å². The fourth-order valence-electron chi connectivity index (χ4n) is 4.60. The summed E-state index contributed by atoms with van der Waals surface area (Å²) in [6.07, 6.45) is 1.57. The van der Waals surface area contributed by atoms with Crippen molar-refractivity contribution in [3.63, 3.8) is 0 Å². The SMILES string of the molecule is CC[C@H](C)N(CC(=O)N1CCCN(c2ccc(-c3ccc(OC)cc3)nn2)CC1)C(=O)c1ccc(OC)cc1. The zero-order valence-electron chi connectivity index (χ0n) is 23.2. The molecule has 9 nitrogen and oxygen atoms in total. The van der Waals surface area contributed by atoms with Crippen molar-refractivity contribution < 1.29 is 19.1 Å². The molecule has 1 aliphatic heterocycles. The Morgan fingerprint density at radius 1 is 0.872 bits per heavy atom. The standard InChI is InChI=1S/C30H37N5O4/c1-5-22(2)35(30(37)24-9-13-26(39-4)14-10-24)21-29(36)34-18-6-17-33(19-20-34)28-16-15-27(31-32-28)23-7-11-25(38-3)12-8-23/h7-16,22H,5-6,17-21H2,1-4H3/t22-/m0/s1. The van der Waals surface area contributed by atoms with Gasteiger partial charge in [-0.15, -0.1) is 10.2 Å². The zero-order chi connectivity index (χ0) is 27.8. The summed E-state index contributed by atoms with van der Waals surface area (Å²) < 4.78 is 10.4. The second kappa shape index (κ2) is 13.1. The molecule has 0 spiro atoms. The summed E-state index contributed by atoms with van der Waals surface area (Å²) in [4.78, 5) is 32.4. The Bertz CT molecular complexity index is 1230. The van der Waals surface area contributed by atoms with Gasteiger partial charge in [-0.25, -0.2) is 0 Å². The maximum absolute atomic E-state index is 13.4. The summed E-state index contributed by atoms with van der Waals surface area (Å²) in [5, 5.41) is 8.89. The van der Waals surface area contributed by atoms with E-state index in [4.69, 9.17) is 9.47 Å². The Morgan fingerprint density at radius 3 is 2.13 bits per heavy atom. The lowest BCUT2D eigenvalue weighted by Gasteiger charge is -2.31. The Kier molecular flexibility index (Phi) is 9.35. The van der Waals surface area contributed by atoms with Gasteiger partial charge in [0, 0.05) is 43.3 Å². The molecule has 4 rings (SSSR count). The first-order valence-electron chi connectivity index (χ1n) is 13.4. The van der Waals surface area contributed by atoms with Gasteiger partial charge < -0.3 is 24.2 Å². The third kappa shape index (κ3) is 6.85. The lowest BCUT2D eigenvalue weighted by atomic mass is 10.1. The van der Waals surface area contributed by atoms with Gasteiger partial charge in [0.05, 0.1) is 19.9 Å². The van der Waals surface area contributed by atoms with Crippen LogP contribution >= 0.6 is 0 Å². The van der Waals surface area contributed by atoms with Gasteiger partial charge in [0.25, 0.3) is 5.91 Å². The molecule has 0 N–H and O–H groups in total. The number of carbonyl (C=O) groups excluding carboxylic acids is 2. The monoisotopic (exact) mass is 531 g/mol. The number of hydrogen-bond donors (Lipinski definition) is 0. The van der Waals surface area contributed by atoms with Crippen molar-refractivity contribution in [2.45, 2.75) is 32.7 Å². The second-order valence-corrected chi connectivity index (χ2v) is 9.65. The molecule has 39 heavy (non-hydrogen) atoms. The average molecular weight is 532 g/mol. The van der Waals surface area contributed by atoms with E-state index in [1.165, 1.54) is 0 Å². The number of ether oxygens (including phenoxy) is 2. The van der Waals surface area contributed by atoms with Gasteiger partial charge in [0.1, 0.15) is 18.0 Å². The molecule has 2 amide bonds. The molecule has 3 aromatic rings. The van der Waals surface area contributed by atoms with Crippen LogP contribution in [-0.2, 0) is 4.79 Å². The second-order valence-electron chi connectivity index (χ2n) is 9.65. The van der Waals surface area contributed by atoms with Gasteiger partial charge in [-0.1, -0.05) is 6.92 Å². The van der Waals surface area contributed by atoms with Crippen molar-refractivity contribution in [2.75, 3.05) is 51.8 Å². The minimum atomic E-state index is -0.149. The number of nitrogens with zero attached hydrogens (tertiary/aromatic N) is 5. The molecule has 0 radical (unpaired) electrons. The Balaban J connectivity index is 1.38. The highest BCUT2D eigenvalue weighted by Gasteiger charge is 2.27. The molecular weight excluding hydrogens is 494 g/mol. The number of anilines is 1. The number of methoxy groups -OCH3 is 2. The molecule has 9 heteroatoms. The first kappa shape index (κ1) is 27.9. The number of aromatic nitrogens is 2. The van der Waals surface area contributed by atoms with Crippen LogP contribution in [0.25, 0.3) is 11.3 Å². The van der Waals surface area contributed by atoms with Crippen LogP contribution in [0, 0.1) is 0 Å². The molecule has 0 aliphatic carbocycles. The van der Waals surface area contributed by atoms with Crippen molar-refractivity contribution in [1.29, 1.82) is 0 Å². The normalized spacial score (nSPS) is 14.4. The van der Waals surface area contributed by atoms with Crippen molar-refractivity contribution >= 4 is 17.6 Å². The summed E-state index contributed by atoms with van der Waals surface area (Å²) in [6, 6.07) is 18.6. The minimum Gasteiger partial charge on any atom is -0.497 e. The predicted molar refractivity (Wildman–Crippen MR) is 151 cm³/mol. The highest BCUT2D eigenvalue weighted by molar-refractivity contribution is 5.96. The lowest BCUT2D eigenvalue weighted by molar-refractivity contribution is -0.132. The molecule has 0 saturated carbocycles. The Hall–Kier alpha value is -4.14. The fraction of sp³-hybridized carbons (Fsp3) is 0.400. The van der Waals surface area contributed by atoms with Crippen LogP contribution in [0.3, 0.4) is 0 Å². The van der Waals surface area contributed by atoms with Crippen LogP contribution < -0.4 is 14.4 Å². The van der Waals surface area contributed by atoms with E-state index >= 15 is 0 Å². The molecule has 2 heterocycles. The van der Waals surface area contributed by atoms with E-state index in [-0.39, 0.29) is 24.4 Å². The van der Waals surface area contributed by atoms with E-state index in [2.05, 4.69) is 15.1 Å². The summed E-state index contributed by atoms with van der Waals surface area (Å²) >= 11 is 0. The zero-order valence-corrected chi connectivity index (χ0v) is 23.2. The molecule has 0 bridgehead atoms. The van der Waals surface area contributed by atoms with E-state index in [1.54, 1.807) is 43.4 Å². The van der Waals surface area contributed by atoms with Crippen LogP contribution in [0.1, 0.15) is 37.0 Å². The largest absolute Gasteiger partial charge is 0.497 e. The maximum atomic E-state index is 13.4. The first-order chi connectivity index (χ1) is 18.9. The van der Waals surface area contributed by atoms with Gasteiger partial charge in [-0.05, 0) is 80.4 Å². The summed E-state index contributed by atoms with van der Waals surface area (Å²) in [7, 11) is 3.23. The predicted octanol–water partition coefficient (Wildman–Crippen LogP) is 4.14.